The summed E-state index contributed by atoms with van der Waals surface area (Å²) < 4.78 is 23.2. The highest BCUT2D eigenvalue weighted by atomic mass is 16.8. The zero-order valence-electron chi connectivity index (χ0n) is 22.5. The van der Waals surface area contributed by atoms with Gasteiger partial charge in [0.05, 0.1) is 25.9 Å². The zero-order chi connectivity index (χ0) is 27.1. The van der Waals surface area contributed by atoms with Crippen molar-refractivity contribution in [3.8, 4) is 11.5 Å². The Hall–Kier alpha value is -3.33. The maximum Gasteiger partial charge on any atom is 0.528 e. The van der Waals surface area contributed by atoms with Gasteiger partial charge in [0.15, 0.2) is 0 Å². The van der Waals surface area contributed by atoms with E-state index in [0.29, 0.717) is 39.3 Å². The van der Waals surface area contributed by atoms with E-state index in [-0.39, 0.29) is 17.8 Å². The summed E-state index contributed by atoms with van der Waals surface area (Å²) >= 11 is 0. The van der Waals surface area contributed by atoms with Crippen molar-refractivity contribution >= 4 is 16.9 Å². The van der Waals surface area contributed by atoms with E-state index in [2.05, 4.69) is 12.1 Å². The van der Waals surface area contributed by atoms with Gasteiger partial charge in [-0.3, -0.25) is 0 Å². The van der Waals surface area contributed by atoms with E-state index < -0.39 is 11.8 Å². The van der Waals surface area contributed by atoms with Crippen molar-refractivity contribution in [2.75, 3.05) is 33.4 Å². The molecule has 3 aromatic rings. The molecule has 8 heteroatoms. The van der Waals surface area contributed by atoms with Crippen LogP contribution in [0.4, 0.5) is 4.79 Å². The second kappa shape index (κ2) is 12.5. The number of benzene rings is 3. The molecule has 0 bridgehead atoms. The topological polar surface area (TPSA) is 86.7 Å². The van der Waals surface area contributed by atoms with Crippen LogP contribution in [0.5, 0.6) is 11.5 Å². The van der Waals surface area contributed by atoms with Crippen LogP contribution in [0.15, 0.2) is 60.7 Å². The molecular weight excluding hydrogens is 486 g/mol. The molecule has 2 atom stereocenters. The number of phenols is 1. The second-order valence-electron chi connectivity index (χ2n) is 10.4. The number of phenolic OH excluding ortho intramolecular Hbond substituents is 1. The van der Waals surface area contributed by atoms with Gasteiger partial charge in [-0.25, -0.2) is 4.79 Å². The van der Waals surface area contributed by atoms with Gasteiger partial charge < -0.3 is 28.9 Å². The van der Waals surface area contributed by atoms with Gasteiger partial charge in [0.1, 0.15) is 23.7 Å². The van der Waals surface area contributed by atoms with E-state index >= 15 is 0 Å². The van der Waals surface area contributed by atoms with Crippen LogP contribution in [0.2, 0.25) is 0 Å². The number of carbonyl (C=O) groups is 1. The first-order valence-corrected chi connectivity index (χ1v) is 12.9. The number of piperidine rings is 1. The van der Waals surface area contributed by atoms with Crippen molar-refractivity contribution in [2.24, 2.45) is 0 Å². The largest absolute Gasteiger partial charge is 0.528 e. The Bertz CT molecular complexity index is 1210. The van der Waals surface area contributed by atoms with Gasteiger partial charge in [0.2, 0.25) is 0 Å². The molecule has 38 heavy (non-hydrogen) atoms. The van der Waals surface area contributed by atoms with Gasteiger partial charge in [0.25, 0.3) is 0 Å². The molecule has 1 heterocycles. The normalized spacial score (nSPS) is 18.3. The Balaban J connectivity index is 1.54. The molecule has 1 aliphatic rings. The lowest BCUT2D eigenvalue weighted by atomic mass is 9.87. The van der Waals surface area contributed by atoms with Crippen molar-refractivity contribution in [1.82, 2.24) is 5.06 Å². The molecule has 1 fully saturated rings. The number of ether oxygens (including phenoxy) is 4. The fourth-order valence-electron chi connectivity index (χ4n) is 4.61. The lowest BCUT2D eigenvalue weighted by molar-refractivity contribution is -0.179. The number of carbonyl (C=O) groups excluding carboxylic acids is 1. The third kappa shape index (κ3) is 7.37. The number of methoxy groups -OCH3 is 1. The van der Waals surface area contributed by atoms with Crippen LogP contribution in [0.25, 0.3) is 10.8 Å². The summed E-state index contributed by atoms with van der Waals surface area (Å²) in [5.41, 5.74) is 1.33. The maximum atomic E-state index is 12.3. The second-order valence-corrected chi connectivity index (χ2v) is 10.4. The quantitative estimate of drug-likeness (QED) is 0.278. The minimum Gasteiger partial charge on any atom is -0.508 e. The fourth-order valence-corrected chi connectivity index (χ4v) is 4.61. The van der Waals surface area contributed by atoms with Crippen LogP contribution >= 0.6 is 0 Å². The molecule has 0 aromatic heterocycles. The van der Waals surface area contributed by atoms with Crippen molar-refractivity contribution in [2.45, 2.75) is 51.4 Å². The van der Waals surface area contributed by atoms with Gasteiger partial charge in [0, 0.05) is 30.5 Å². The highest BCUT2D eigenvalue weighted by molar-refractivity contribution is 5.89. The van der Waals surface area contributed by atoms with Gasteiger partial charge in [-0.05, 0) is 50.3 Å². The first-order chi connectivity index (χ1) is 18.2. The lowest BCUT2D eigenvalue weighted by Crippen LogP contribution is -2.45. The molecule has 1 aliphatic heterocycles. The minimum absolute atomic E-state index is 0.0485. The number of fused-ring (bicyclic) bond motifs is 1. The first kappa shape index (κ1) is 27.7. The molecule has 0 aliphatic carbocycles. The van der Waals surface area contributed by atoms with E-state index in [0.717, 1.165) is 27.6 Å². The highest BCUT2D eigenvalue weighted by Crippen LogP contribution is 2.35. The van der Waals surface area contributed by atoms with Crippen LogP contribution < -0.4 is 4.74 Å². The number of rotatable bonds is 9. The smallest absolute Gasteiger partial charge is 0.508 e. The van der Waals surface area contributed by atoms with E-state index in [9.17, 15) is 9.90 Å². The number of hydrogen-bond donors (Lipinski definition) is 1. The molecular formula is C30H37NO7. The molecule has 8 nitrogen and oxygen atoms in total. The summed E-state index contributed by atoms with van der Waals surface area (Å²) in [6.45, 7) is 7.52. The molecule has 1 saturated heterocycles. The monoisotopic (exact) mass is 523 g/mol. The number of hydroxylamine groups is 2. The summed E-state index contributed by atoms with van der Waals surface area (Å²) in [4.78, 5) is 17.8. The van der Waals surface area contributed by atoms with Crippen molar-refractivity contribution in [1.29, 1.82) is 0 Å². The average molecular weight is 524 g/mol. The number of hydrogen-bond acceptors (Lipinski definition) is 8. The SMILES string of the molecule is COCCOc1c(COC2CN(OC(=O)OC(C)(C)C)CCC2c2ccc(O)cc2)ccc2ccccc12. The van der Waals surface area contributed by atoms with Gasteiger partial charge >= 0.3 is 6.16 Å². The average Bonchev–Trinajstić information content (AvgIpc) is 2.87. The predicted octanol–water partition coefficient (Wildman–Crippen LogP) is 5.81. The summed E-state index contributed by atoms with van der Waals surface area (Å²) in [5, 5.41) is 13.5. The zero-order valence-corrected chi connectivity index (χ0v) is 22.5. The molecule has 1 N–H and O–H groups in total. The Morgan fingerprint density at radius 3 is 2.53 bits per heavy atom. The van der Waals surface area contributed by atoms with Crippen LogP contribution in [-0.2, 0) is 25.7 Å². The number of aromatic hydroxyl groups is 1. The lowest BCUT2D eigenvalue weighted by Gasteiger charge is -2.37. The molecule has 4 rings (SSSR count). The fraction of sp³-hybridized carbons (Fsp3) is 0.433. The summed E-state index contributed by atoms with van der Waals surface area (Å²) in [6.07, 6.45) is -0.315. The van der Waals surface area contributed by atoms with Gasteiger partial charge in [-0.2, -0.15) is 0 Å². The molecule has 0 saturated carbocycles. The van der Waals surface area contributed by atoms with Crippen LogP contribution in [-0.4, -0.2) is 61.4 Å². The predicted molar refractivity (Wildman–Crippen MR) is 144 cm³/mol. The van der Waals surface area contributed by atoms with Crippen molar-refractivity contribution in [3.05, 3.63) is 71.8 Å². The van der Waals surface area contributed by atoms with Crippen LogP contribution in [0, 0.1) is 0 Å². The standard InChI is InChI=1S/C30H37NO7/c1-30(2,3)37-29(33)38-31-16-15-25(22-11-13-24(32)14-12-22)27(19-31)36-20-23-10-9-21-7-5-6-8-26(21)28(23)35-18-17-34-4/h5-14,25,27,32H,15-20H2,1-4H3. The molecule has 204 valence electrons. The highest BCUT2D eigenvalue weighted by Gasteiger charge is 2.34. The Kier molecular flexibility index (Phi) is 9.09. The Morgan fingerprint density at radius 2 is 1.79 bits per heavy atom. The summed E-state index contributed by atoms with van der Waals surface area (Å²) in [5.74, 6) is 1.04. The molecule has 0 amide bonds. The first-order valence-electron chi connectivity index (χ1n) is 12.9. The van der Waals surface area contributed by atoms with E-state index in [1.165, 1.54) is 0 Å². The van der Waals surface area contributed by atoms with Gasteiger partial charge in [-0.1, -0.05) is 48.5 Å². The third-order valence-corrected chi connectivity index (χ3v) is 6.38. The minimum atomic E-state index is -0.734. The van der Waals surface area contributed by atoms with Crippen molar-refractivity contribution < 1.29 is 33.7 Å². The van der Waals surface area contributed by atoms with Crippen LogP contribution in [0.3, 0.4) is 0 Å². The summed E-state index contributed by atoms with van der Waals surface area (Å²) in [6, 6.07) is 19.4. The van der Waals surface area contributed by atoms with E-state index in [4.69, 9.17) is 23.8 Å². The summed E-state index contributed by atoms with van der Waals surface area (Å²) in [7, 11) is 1.65. The number of nitrogens with zero attached hydrogens (tertiary/aromatic N) is 1. The third-order valence-electron chi connectivity index (χ3n) is 6.38. The van der Waals surface area contributed by atoms with Crippen LogP contribution in [0.1, 0.15) is 44.2 Å². The van der Waals surface area contributed by atoms with E-state index in [1.807, 2.05) is 36.4 Å². The Labute approximate surface area is 224 Å². The molecule has 0 spiro atoms. The molecule has 0 radical (unpaired) electrons. The maximum absolute atomic E-state index is 12.3. The Morgan fingerprint density at radius 1 is 1.03 bits per heavy atom. The van der Waals surface area contributed by atoms with Gasteiger partial charge in [-0.15, -0.1) is 5.06 Å². The molecule has 2 unspecified atom stereocenters. The van der Waals surface area contributed by atoms with E-state index in [1.54, 1.807) is 45.1 Å². The van der Waals surface area contributed by atoms with Crippen molar-refractivity contribution in [3.63, 3.8) is 0 Å². The molecule has 3 aromatic carbocycles.